The number of hydrogen-bond donors (Lipinski definition) is 1. The fourth-order valence-electron chi connectivity index (χ4n) is 4.89. The van der Waals surface area contributed by atoms with Crippen molar-refractivity contribution >= 4 is 29.9 Å². The minimum atomic E-state index is 0. The number of rotatable bonds is 6. The molecule has 1 aromatic rings. The van der Waals surface area contributed by atoms with E-state index in [9.17, 15) is 0 Å². The van der Waals surface area contributed by atoms with Crippen molar-refractivity contribution < 1.29 is 14.2 Å². The van der Waals surface area contributed by atoms with Crippen LogP contribution in [0.25, 0.3) is 0 Å². The summed E-state index contributed by atoms with van der Waals surface area (Å²) in [5.41, 5.74) is 1.42. The Labute approximate surface area is 197 Å². The molecule has 3 aliphatic rings. The van der Waals surface area contributed by atoms with Gasteiger partial charge in [-0.1, -0.05) is 25.3 Å². The zero-order valence-corrected chi connectivity index (χ0v) is 20.7. The maximum absolute atomic E-state index is 5.66. The summed E-state index contributed by atoms with van der Waals surface area (Å²) in [5, 5.41) is 3.50. The predicted molar refractivity (Wildman–Crippen MR) is 130 cm³/mol. The van der Waals surface area contributed by atoms with Gasteiger partial charge in [-0.3, -0.25) is 4.99 Å². The van der Waals surface area contributed by atoms with Gasteiger partial charge in [-0.2, -0.15) is 0 Å². The van der Waals surface area contributed by atoms with Crippen molar-refractivity contribution in [2.75, 3.05) is 46.7 Å². The van der Waals surface area contributed by atoms with Gasteiger partial charge in [0, 0.05) is 38.1 Å². The van der Waals surface area contributed by atoms with Gasteiger partial charge in [0.2, 0.25) is 6.79 Å². The monoisotopic (exact) mass is 529 g/mol. The summed E-state index contributed by atoms with van der Waals surface area (Å²) in [6.07, 6.45) is 7.33. The number of hydrogen-bond acceptors (Lipinski definition) is 4. The summed E-state index contributed by atoms with van der Waals surface area (Å²) in [7, 11) is 2.15. The van der Waals surface area contributed by atoms with Gasteiger partial charge in [0.15, 0.2) is 17.5 Å². The molecule has 0 radical (unpaired) electrons. The smallest absolute Gasteiger partial charge is 0.231 e. The summed E-state index contributed by atoms with van der Waals surface area (Å²) >= 11 is 0. The number of fused-ring (bicyclic) bond motifs is 1. The first kappa shape index (κ1) is 23.4. The summed E-state index contributed by atoms with van der Waals surface area (Å²) in [6, 6.07) is 6.48. The molecule has 1 atom stereocenters. The highest BCUT2D eigenvalue weighted by atomic mass is 127. The number of guanidine groups is 1. The molecule has 1 N–H and O–H groups in total. The zero-order valence-electron chi connectivity index (χ0n) is 18.3. The van der Waals surface area contributed by atoms with E-state index in [0.717, 1.165) is 56.7 Å². The lowest BCUT2D eigenvalue weighted by atomic mass is 9.69. The van der Waals surface area contributed by atoms with Crippen molar-refractivity contribution in [2.24, 2.45) is 10.9 Å². The van der Waals surface area contributed by atoms with Gasteiger partial charge in [0.1, 0.15) is 0 Å². The minimum absolute atomic E-state index is 0. The van der Waals surface area contributed by atoms with Crippen LogP contribution >= 0.6 is 24.0 Å². The summed E-state index contributed by atoms with van der Waals surface area (Å²) in [5.74, 6) is 3.34. The molecule has 7 heteroatoms. The van der Waals surface area contributed by atoms with Crippen LogP contribution in [0.3, 0.4) is 0 Å². The molecule has 6 nitrogen and oxygen atoms in total. The van der Waals surface area contributed by atoms with Crippen LogP contribution in [0.15, 0.2) is 23.2 Å². The van der Waals surface area contributed by atoms with E-state index >= 15 is 0 Å². The third-order valence-electron chi connectivity index (χ3n) is 6.58. The number of aliphatic imine (C=N–C) groups is 1. The van der Waals surface area contributed by atoms with E-state index in [1.165, 1.54) is 37.7 Å². The Morgan fingerprint density at radius 1 is 1.20 bits per heavy atom. The molecule has 0 amide bonds. The molecular formula is C23H36IN3O3. The SMILES string of the molecule is CCNC(=NCC1(c2ccc3c(c2)OCO3)CCCCC1)N(C)CC1CCOC1.I. The molecule has 2 heterocycles. The normalized spacial score (nSPS) is 22.5. The summed E-state index contributed by atoms with van der Waals surface area (Å²) in [4.78, 5) is 7.42. The Hall–Kier alpha value is -1.22. The van der Waals surface area contributed by atoms with E-state index in [-0.39, 0.29) is 29.4 Å². The molecule has 1 aromatic carbocycles. The van der Waals surface area contributed by atoms with Crippen molar-refractivity contribution in [2.45, 2.75) is 50.9 Å². The lowest BCUT2D eigenvalue weighted by Crippen LogP contribution is -2.43. The van der Waals surface area contributed by atoms with Gasteiger partial charge >= 0.3 is 0 Å². The average molecular weight is 529 g/mol. The number of ether oxygens (including phenoxy) is 3. The van der Waals surface area contributed by atoms with E-state index in [1.807, 2.05) is 0 Å². The summed E-state index contributed by atoms with van der Waals surface area (Å²) in [6.45, 7) is 6.88. The van der Waals surface area contributed by atoms with Gasteiger partial charge in [-0.15, -0.1) is 24.0 Å². The Bertz CT molecular complexity index is 716. The standard InChI is InChI=1S/C23H35N3O3.HI/c1-3-24-22(26(2)14-18-9-12-27-15-18)25-16-23(10-5-4-6-11-23)19-7-8-20-21(13-19)29-17-28-20;/h7-8,13,18H,3-6,9-12,14-17H2,1-2H3,(H,24,25);1H. The zero-order chi connectivity index (χ0) is 20.1. The molecule has 0 aromatic heterocycles. The highest BCUT2D eigenvalue weighted by molar-refractivity contribution is 14.0. The number of halogens is 1. The van der Waals surface area contributed by atoms with Gasteiger partial charge in [0.05, 0.1) is 13.2 Å². The first-order chi connectivity index (χ1) is 14.2. The van der Waals surface area contributed by atoms with Crippen molar-refractivity contribution in [1.82, 2.24) is 10.2 Å². The lowest BCUT2D eigenvalue weighted by molar-refractivity contribution is 0.174. The van der Waals surface area contributed by atoms with Crippen LogP contribution in [-0.4, -0.2) is 57.5 Å². The predicted octanol–water partition coefficient (Wildman–Crippen LogP) is 4.17. The second-order valence-corrected chi connectivity index (χ2v) is 8.69. The van der Waals surface area contributed by atoms with Crippen molar-refractivity contribution in [1.29, 1.82) is 0 Å². The largest absolute Gasteiger partial charge is 0.454 e. The minimum Gasteiger partial charge on any atom is -0.454 e. The highest BCUT2D eigenvalue weighted by Crippen LogP contribution is 2.43. The van der Waals surface area contributed by atoms with Gasteiger partial charge < -0.3 is 24.4 Å². The Kier molecular flexibility index (Phi) is 8.51. The first-order valence-electron chi connectivity index (χ1n) is 11.2. The number of benzene rings is 1. The highest BCUT2D eigenvalue weighted by Gasteiger charge is 2.35. The second-order valence-electron chi connectivity index (χ2n) is 8.69. The fourth-order valence-corrected chi connectivity index (χ4v) is 4.89. The van der Waals surface area contributed by atoms with Crippen molar-refractivity contribution in [3.05, 3.63) is 23.8 Å². The third-order valence-corrected chi connectivity index (χ3v) is 6.58. The molecule has 1 saturated heterocycles. The maximum atomic E-state index is 5.66. The molecule has 0 spiro atoms. The van der Waals surface area contributed by atoms with Crippen LogP contribution in [0.4, 0.5) is 0 Å². The molecular weight excluding hydrogens is 493 g/mol. The van der Waals surface area contributed by atoms with Crippen LogP contribution in [0.5, 0.6) is 11.5 Å². The summed E-state index contributed by atoms with van der Waals surface area (Å²) < 4.78 is 16.7. The van der Waals surface area contributed by atoms with E-state index in [0.29, 0.717) is 12.7 Å². The fraction of sp³-hybridized carbons (Fsp3) is 0.696. The van der Waals surface area contributed by atoms with Crippen molar-refractivity contribution in [3.8, 4) is 11.5 Å². The van der Waals surface area contributed by atoms with Gasteiger partial charge in [-0.05, 0) is 43.9 Å². The van der Waals surface area contributed by atoms with Crippen LogP contribution in [0, 0.1) is 5.92 Å². The van der Waals surface area contributed by atoms with E-state index in [1.54, 1.807) is 0 Å². The van der Waals surface area contributed by atoms with Gasteiger partial charge in [0.25, 0.3) is 0 Å². The van der Waals surface area contributed by atoms with Crippen LogP contribution < -0.4 is 14.8 Å². The van der Waals surface area contributed by atoms with Crippen LogP contribution in [0.1, 0.15) is 51.0 Å². The second kappa shape index (κ2) is 10.9. The first-order valence-corrected chi connectivity index (χ1v) is 11.2. The number of nitrogens with one attached hydrogen (secondary N) is 1. The Balaban J connectivity index is 0.00000256. The third kappa shape index (κ3) is 5.33. The van der Waals surface area contributed by atoms with Crippen LogP contribution in [0.2, 0.25) is 0 Å². The average Bonchev–Trinajstić information content (AvgIpc) is 3.43. The molecule has 4 rings (SSSR count). The maximum Gasteiger partial charge on any atom is 0.231 e. The topological polar surface area (TPSA) is 55.3 Å². The van der Waals surface area contributed by atoms with E-state index < -0.39 is 0 Å². The Morgan fingerprint density at radius 3 is 2.73 bits per heavy atom. The lowest BCUT2D eigenvalue weighted by Gasteiger charge is -2.37. The molecule has 2 aliphatic heterocycles. The van der Waals surface area contributed by atoms with Crippen LogP contribution in [-0.2, 0) is 10.2 Å². The number of nitrogens with zero attached hydrogens (tertiary/aromatic N) is 2. The molecule has 1 aliphatic carbocycles. The molecule has 2 fully saturated rings. The van der Waals surface area contributed by atoms with E-state index in [4.69, 9.17) is 19.2 Å². The van der Waals surface area contributed by atoms with Gasteiger partial charge in [-0.25, -0.2) is 0 Å². The molecule has 1 unspecified atom stereocenters. The Morgan fingerprint density at radius 2 is 2.00 bits per heavy atom. The molecule has 0 bridgehead atoms. The van der Waals surface area contributed by atoms with Crippen molar-refractivity contribution in [3.63, 3.8) is 0 Å². The molecule has 168 valence electrons. The molecule has 1 saturated carbocycles. The quantitative estimate of drug-likeness (QED) is 0.341. The van der Waals surface area contributed by atoms with E-state index in [2.05, 4.69) is 42.4 Å². The molecule has 30 heavy (non-hydrogen) atoms.